The highest BCUT2D eigenvalue weighted by Gasteiger charge is 2.37. The second-order valence-electron chi connectivity index (χ2n) is 4.16. The summed E-state index contributed by atoms with van der Waals surface area (Å²) in [7, 11) is 0. The van der Waals surface area contributed by atoms with Crippen LogP contribution in [0.1, 0.15) is 20.8 Å². The van der Waals surface area contributed by atoms with Crippen LogP contribution in [0.25, 0.3) is 0 Å². The van der Waals surface area contributed by atoms with Gasteiger partial charge in [0.2, 0.25) is 5.91 Å². The summed E-state index contributed by atoms with van der Waals surface area (Å²) in [4.78, 5) is 13.5. The fourth-order valence-electron chi connectivity index (χ4n) is 1.45. The van der Waals surface area contributed by atoms with E-state index < -0.39 is 5.54 Å². The SMILES string of the molecule is CC1CN(C(=O)C(C)(C)NN=N)C1. The molecule has 1 aliphatic rings. The van der Waals surface area contributed by atoms with E-state index in [-0.39, 0.29) is 5.91 Å². The Morgan fingerprint density at radius 3 is 2.54 bits per heavy atom. The standard InChI is InChI=1S/C8H16N4O/c1-6-4-12(5-6)7(13)8(2,3)10-11-9/h6H,4-5H2,1-3H3,(H2,9,10). The molecule has 5 nitrogen and oxygen atoms in total. The van der Waals surface area contributed by atoms with Crippen molar-refractivity contribution >= 4 is 5.91 Å². The van der Waals surface area contributed by atoms with Crippen molar-refractivity contribution in [3.05, 3.63) is 0 Å². The van der Waals surface area contributed by atoms with Crippen LogP contribution < -0.4 is 5.43 Å². The van der Waals surface area contributed by atoms with E-state index in [2.05, 4.69) is 17.6 Å². The molecule has 0 spiro atoms. The van der Waals surface area contributed by atoms with E-state index in [9.17, 15) is 4.79 Å². The molecule has 0 bridgehead atoms. The van der Waals surface area contributed by atoms with Gasteiger partial charge in [-0.15, -0.1) is 0 Å². The van der Waals surface area contributed by atoms with E-state index in [0.29, 0.717) is 5.92 Å². The number of nitrogens with one attached hydrogen (secondary N) is 2. The summed E-state index contributed by atoms with van der Waals surface area (Å²) < 4.78 is 0. The van der Waals surface area contributed by atoms with Gasteiger partial charge in [0.15, 0.2) is 0 Å². The third-order valence-electron chi connectivity index (χ3n) is 2.22. The molecule has 5 heteroatoms. The predicted molar refractivity (Wildman–Crippen MR) is 48.1 cm³/mol. The van der Waals surface area contributed by atoms with Crippen molar-refractivity contribution in [2.45, 2.75) is 26.3 Å². The number of carbonyl (C=O) groups excluding carboxylic acids is 1. The van der Waals surface area contributed by atoms with Crippen molar-refractivity contribution in [3.63, 3.8) is 0 Å². The van der Waals surface area contributed by atoms with Crippen molar-refractivity contribution in [2.24, 2.45) is 11.1 Å². The maximum Gasteiger partial charge on any atom is 0.249 e. The number of hydrogen-bond acceptors (Lipinski definition) is 3. The molecule has 1 heterocycles. The molecule has 1 rings (SSSR count). The topological polar surface area (TPSA) is 68.6 Å². The lowest BCUT2D eigenvalue weighted by molar-refractivity contribution is -0.143. The van der Waals surface area contributed by atoms with Crippen molar-refractivity contribution in [1.29, 1.82) is 5.53 Å². The Bertz CT molecular complexity index is 220. The summed E-state index contributed by atoms with van der Waals surface area (Å²) in [5, 5.41) is 3.04. The molecule has 0 unspecified atom stereocenters. The molecule has 0 aliphatic carbocycles. The van der Waals surface area contributed by atoms with Gasteiger partial charge in [-0.2, -0.15) is 5.53 Å². The molecule has 13 heavy (non-hydrogen) atoms. The monoisotopic (exact) mass is 184 g/mol. The lowest BCUT2D eigenvalue weighted by Gasteiger charge is -2.41. The van der Waals surface area contributed by atoms with Gasteiger partial charge in [0.1, 0.15) is 5.54 Å². The molecular weight excluding hydrogens is 168 g/mol. The number of nitrogens with zero attached hydrogens (tertiary/aromatic N) is 2. The van der Waals surface area contributed by atoms with Crippen LogP contribution in [0, 0.1) is 11.4 Å². The molecule has 1 amide bonds. The molecule has 1 saturated heterocycles. The zero-order chi connectivity index (χ0) is 10.1. The first-order chi connectivity index (χ1) is 5.97. The number of likely N-dealkylation sites (tertiary alicyclic amines) is 1. The van der Waals surface area contributed by atoms with E-state index in [1.54, 1.807) is 18.7 Å². The van der Waals surface area contributed by atoms with Gasteiger partial charge in [0, 0.05) is 13.1 Å². The van der Waals surface area contributed by atoms with Crippen molar-refractivity contribution in [1.82, 2.24) is 10.3 Å². The van der Waals surface area contributed by atoms with Crippen molar-refractivity contribution in [2.75, 3.05) is 13.1 Å². The van der Waals surface area contributed by atoms with E-state index >= 15 is 0 Å². The average Bonchev–Trinajstić information content (AvgIpc) is 1.97. The van der Waals surface area contributed by atoms with Gasteiger partial charge in [0.05, 0.1) is 0 Å². The third kappa shape index (κ3) is 1.96. The van der Waals surface area contributed by atoms with Crippen LogP contribution in [0.5, 0.6) is 0 Å². The van der Waals surface area contributed by atoms with Gasteiger partial charge < -0.3 is 4.90 Å². The maximum absolute atomic E-state index is 11.7. The van der Waals surface area contributed by atoms with E-state index in [1.807, 2.05) is 0 Å². The zero-order valence-electron chi connectivity index (χ0n) is 8.29. The minimum atomic E-state index is -0.748. The molecule has 0 aromatic heterocycles. The highest BCUT2D eigenvalue weighted by atomic mass is 16.2. The lowest BCUT2D eigenvalue weighted by Crippen LogP contribution is -2.59. The zero-order valence-corrected chi connectivity index (χ0v) is 8.29. The number of rotatable bonds is 3. The molecular formula is C8H16N4O. The van der Waals surface area contributed by atoms with Crippen molar-refractivity contribution in [3.8, 4) is 0 Å². The lowest BCUT2D eigenvalue weighted by atomic mass is 9.97. The minimum Gasteiger partial charge on any atom is -0.340 e. The molecule has 0 atom stereocenters. The summed E-state index contributed by atoms with van der Waals surface area (Å²) in [5.41, 5.74) is 8.39. The Hall–Kier alpha value is -1.13. The van der Waals surface area contributed by atoms with Gasteiger partial charge in [-0.1, -0.05) is 12.1 Å². The van der Waals surface area contributed by atoms with Crippen molar-refractivity contribution < 1.29 is 4.79 Å². The molecule has 1 aliphatic heterocycles. The maximum atomic E-state index is 11.7. The fraction of sp³-hybridized carbons (Fsp3) is 0.875. The Morgan fingerprint density at radius 1 is 1.62 bits per heavy atom. The first-order valence-corrected chi connectivity index (χ1v) is 4.40. The minimum absolute atomic E-state index is 0.0154. The van der Waals surface area contributed by atoms with E-state index in [4.69, 9.17) is 5.53 Å². The molecule has 74 valence electrons. The second kappa shape index (κ2) is 3.32. The first kappa shape index (κ1) is 9.95. The Kier molecular flexibility index (Phi) is 2.54. The van der Waals surface area contributed by atoms with Crippen LogP contribution in [0.2, 0.25) is 0 Å². The fourth-order valence-corrected chi connectivity index (χ4v) is 1.45. The normalized spacial score (nSPS) is 17.9. The third-order valence-corrected chi connectivity index (χ3v) is 2.22. The molecule has 0 radical (unpaired) electrons. The highest BCUT2D eigenvalue weighted by molar-refractivity contribution is 5.86. The summed E-state index contributed by atoms with van der Waals surface area (Å²) in [5.74, 6) is 0.620. The summed E-state index contributed by atoms with van der Waals surface area (Å²) >= 11 is 0. The Balaban J connectivity index is 2.51. The van der Waals surface area contributed by atoms with Crippen LogP contribution in [0.4, 0.5) is 0 Å². The number of carbonyl (C=O) groups is 1. The van der Waals surface area contributed by atoms with Crippen LogP contribution in [-0.2, 0) is 4.79 Å². The quantitative estimate of drug-likeness (QED) is 0.502. The second-order valence-corrected chi connectivity index (χ2v) is 4.16. The molecule has 0 aromatic rings. The molecule has 0 saturated carbocycles. The van der Waals surface area contributed by atoms with E-state index in [0.717, 1.165) is 13.1 Å². The van der Waals surface area contributed by atoms with Crippen LogP contribution in [-0.4, -0.2) is 29.4 Å². The molecule has 2 N–H and O–H groups in total. The first-order valence-electron chi connectivity index (χ1n) is 4.40. The van der Waals surface area contributed by atoms with Crippen LogP contribution in [0.3, 0.4) is 0 Å². The summed E-state index contributed by atoms with van der Waals surface area (Å²) in [6.45, 7) is 7.22. The Morgan fingerprint density at radius 2 is 2.15 bits per heavy atom. The van der Waals surface area contributed by atoms with E-state index in [1.165, 1.54) is 0 Å². The largest absolute Gasteiger partial charge is 0.340 e. The van der Waals surface area contributed by atoms with Crippen LogP contribution in [0.15, 0.2) is 5.22 Å². The summed E-state index contributed by atoms with van der Waals surface area (Å²) in [6.07, 6.45) is 0. The van der Waals surface area contributed by atoms with Gasteiger partial charge in [-0.05, 0) is 19.8 Å². The number of amides is 1. The summed E-state index contributed by atoms with van der Waals surface area (Å²) in [6, 6.07) is 0. The Labute approximate surface area is 78.0 Å². The highest BCUT2D eigenvalue weighted by Crippen LogP contribution is 2.19. The van der Waals surface area contributed by atoms with Gasteiger partial charge in [-0.25, -0.2) is 0 Å². The predicted octanol–water partition coefficient (Wildman–Crippen LogP) is 0.779. The van der Waals surface area contributed by atoms with Gasteiger partial charge in [0.25, 0.3) is 0 Å². The van der Waals surface area contributed by atoms with Gasteiger partial charge >= 0.3 is 0 Å². The smallest absolute Gasteiger partial charge is 0.249 e. The molecule has 1 fully saturated rings. The van der Waals surface area contributed by atoms with Gasteiger partial charge in [-0.3, -0.25) is 10.2 Å². The van der Waals surface area contributed by atoms with Crippen LogP contribution >= 0.6 is 0 Å². The number of hydrogen-bond donors (Lipinski definition) is 2. The molecule has 0 aromatic carbocycles. The average molecular weight is 184 g/mol.